The molecule has 0 aromatic rings. The summed E-state index contributed by atoms with van der Waals surface area (Å²) in [5.74, 6) is 0. The van der Waals surface area contributed by atoms with Crippen molar-refractivity contribution in [2.45, 2.75) is 91.4 Å². The first-order valence-electron chi connectivity index (χ1n) is 9.02. The van der Waals surface area contributed by atoms with Crippen LogP contribution < -0.4 is 0 Å². The molecule has 0 saturated carbocycles. The minimum atomic E-state index is 1.34. The van der Waals surface area contributed by atoms with Crippen LogP contribution in [0.3, 0.4) is 0 Å². The number of hydrogen-bond acceptors (Lipinski definition) is 0. The smallest absolute Gasteiger partial charge is 0.0784 e. The van der Waals surface area contributed by atoms with Crippen molar-refractivity contribution >= 4 is 0 Å². The van der Waals surface area contributed by atoms with Crippen LogP contribution in [0.25, 0.3) is 0 Å². The molecule has 1 heteroatoms. The normalized spacial score (nSPS) is 12.0. The van der Waals surface area contributed by atoms with Crippen LogP contribution in [-0.2, 0) is 0 Å². The number of hydrogen-bond donors (Lipinski definition) is 0. The lowest BCUT2D eigenvalue weighted by atomic mass is 10.1. The second-order valence-electron chi connectivity index (χ2n) is 6.62. The van der Waals surface area contributed by atoms with Gasteiger partial charge in [-0.05, 0) is 38.5 Å². The monoisotopic (exact) mass is 270 g/mol. The highest BCUT2D eigenvalue weighted by Crippen LogP contribution is 2.14. The second kappa shape index (κ2) is 13.0. The van der Waals surface area contributed by atoms with Crippen molar-refractivity contribution in [3.05, 3.63) is 0 Å². The Morgan fingerprint density at radius 2 is 0.789 bits per heavy atom. The molecule has 0 N–H and O–H groups in total. The Morgan fingerprint density at radius 1 is 0.474 bits per heavy atom. The van der Waals surface area contributed by atoms with E-state index in [4.69, 9.17) is 0 Å². The highest BCUT2D eigenvalue weighted by molar-refractivity contribution is 4.48. The van der Waals surface area contributed by atoms with Crippen molar-refractivity contribution in [1.29, 1.82) is 0 Å². The van der Waals surface area contributed by atoms with Gasteiger partial charge < -0.3 is 4.48 Å². The first-order valence-corrected chi connectivity index (χ1v) is 9.02. The van der Waals surface area contributed by atoms with E-state index in [9.17, 15) is 0 Å². The quantitative estimate of drug-likeness (QED) is 0.277. The van der Waals surface area contributed by atoms with Crippen molar-refractivity contribution in [3.8, 4) is 0 Å². The summed E-state index contributed by atoms with van der Waals surface area (Å²) in [7, 11) is 2.51. The fourth-order valence-electron chi connectivity index (χ4n) is 2.92. The molecule has 0 atom stereocenters. The molecule has 0 aliphatic carbocycles. The van der Waals surface area contributed by atoms with E-state index in [0.29, 0.717) is 0 Å². The molecule has 0 fully saturated rings. The Morgan fingerprint density at radius 3 is 1.16 bits per heavy atom. The summed E-state index contributed by atoms with van der Waals surface area (Å²) in [5.41, 5.74) is 0. The summed E-state index contributed by atoms with van der Waals surface area (Å²) in [5, 5.41) is 0. The summed E-state index contributed by atoms with van der Waals surface area (Å²) in [6.07, 6.45) is 15.5. The van der Waals surface area contributed by atoms with Gasteiger partial charge in [0, 0.05) is 0 Å². The van der Waals surface area contributed by atoms with Crippen molar-refractivity contribution in [1.82, 2.24) is 0 Å². The van der Waals surface area contributed by atoms with E-state index in [1.54, 1.807) is 0 Å². The third-order valence-electron chi connectivity index (χ3n) is 4.40. The lowest BCUT2D eigenvalue weighted by molar-refractivity contribution is -0.910. The van der Waals surface area contributed by atoms with Crippen LogP contribution >= 0.6 is 0 Å². The first-order chi connectivity index (χ1) is 9.18. The Labute approximate surface area is 123 Å². The van der Waals surface area contributed by atoms with Crippen LogP contribution in [0.5, 0.6) is 0 Å². The van der Waals surface area contributed by atoms with Crippen LogP contribution in [0.1, 0.15) is 91.4 Å². The van der Waals surface area contributed by atoms with Gasteiger partial charge in [-0.15, -0.1) is 0 Å². The molecule has 0 aliphatic heterocycles. The number of unbranched alkanes of at least 4 members (excludes halogenated alkanes) is 8. The zero-order chi connectivity index (χ0) is 14.4. The van der Waals surface area contributed by atoms with E-state index < -0.39 is 0 Å². The van der Waals surface area contributed by atoms with Gasteiger partial charge in [-0.25, -0.2) is 0 Å². The van der Waals surface area contributed by atoms with Gasteiger partial charge in [-0.3, -0.25) is 0 Å². The average molecular weight is 271 g/mol. The van der Waals surface area contributed by atoms with Gasteiger partial charge >= 0.3 is 0 Å². The van der Waals surface area contributed by atoms with E-state index in [1.807, 2.05) is 0 Å². The van der Waals surface area contributed by atoms with Gasteiger partial charge in [0.05, 0.1) is 26.7 Å². The highest BCUT2D eigenvalue weighted by atomic mass is 15.3. The van der Waals surface area contributed by atoms with Crippen molar-refractivity contribution in [2.24, 2.45) is 0 Å². The Hall–Kier alpha value is -0.0400. The molecule has 0 unspecified atom stereocenters. The molecule has 0 bridgehead atoms. The molecule has 116 valence electrons. The molecular weight excluding hydrogens is 230 g/mol. The topological polar surface area (TPSA) is 0 Å². The fourth-order valence-corrected chi connectivity index (χ4v) is 2.92. The molecule has 0 aromatic heterocycles. The largest absolute Gasteiger partial charge is 0.326 e. The van der Waals surface area contributed by atoms with Crippen LogP contribution in [0.2, 0.25) is 0 Å². The number of quaternary nitrogens is 1. The van der Waals surface area contributed by atoms with Gasteiger partial charge in [0.2, 0.25) is 0 Å². The Balaban J connectivity index is 3.96. The summed E-state index contributed by atoms with van der Waals surface area (Å²) in [4.78, 5) is 0. The number of nitrogens with zero attached hydrogens (tertiary/aromatic N) is 1. The summed E-state index contributed by atoms with van der Waals surface area (Å²) in [6.45, 7) is 11.2. The van der Waals surface area contributed by atoms with E-state index in [2.05, 4.69) is 27.8 Å². The average Bonchev–Trinajstić information content (AvgIpc) is 2.41. The summed E-state index contributed by atoms with van der Waals surface area (Å²) >= 11 is 0. The van der Waals surface area contributed by atoms with E-state index in [0.717, 1.165) is 0 Å². The molecule has 0 amide bonds. The molecule has 0 saturated heterocycles. The molecule has 19 heavy (non-hydrogen) atoms. The van der Waals surface area contributed by atoms with Gasteiger partial charge in [0.1, 0.15) is 0 Å². The SMILES string of the molecule is CCCCCC[N+](C)(CCCCC)CCCCCC. The predicted molar refractivity (Wildman–Crippen MR) is 88.6 cm³/mol. The van der Waals surface area contributed by atoms with Crippen LogP contribution in [0.4, 0.5) is 0 Å². The lowest BCUT2D eigenvalue weighted by Gasteiger charge is -2.35. The van der Waals surface area contributed by atoms with Crippen LogP contribution in [0.15, 0.2) is 0 Å². The van der Waals surface area contributed by atoms with Crippen LogP contribution in [-0.4, -0.2) is 31.2 Å². The van der Waals surface area contributed by atoms with E-state index in [1.165, 1.54) is 94.7 Å². The molecule has 0 spiro atoms. The Bertz CT molecular complexity index is 165. The fraction of sp³-hybridized carbons (Fsp3) is 1.00. The second-order valence-corrected chi connectivity index (χ2v) is 6.62. The van der Waals surface area contributed by atoms with Gasteiger partial charge in [0.15, 0.2) is 0 Å². The first kappa shape index (κ1) is 19.0. The van der Waals surface area contributed by atoms with Crippen molar-refractivity contribution in [2.75, 3.05) is 26.7 Å². The summed E-state index contributed by atoms with van der Waals surface area (Å²) < 4.78 is 1.34. The lowest BCUT2D eigenvalue weighted by Crippen LogP contribution is -2.46. The maximum absolute atomic E-state index is 2.51. The maximum Gasteiger partial charge on any atom is 0.0784 e. The van der Waals surface area contributed by atoms with E-state index in [-0.39, 0.29) is 0 Å². The maximum atomic E-state index is 2.51. The van der Waals surface area contributed by atoms with Crippen LogP contribution in [0, 0.1) is 0 Å². The predicted octanol–water partition coefficient (Wildman–Crippen LogP) is 5.78. The minimum Gasteiger partial charge on any atom is -0.326 e. The minimum absolute atomic E-state index is 1.34. The van der Waals surface area contributed by atoms with Crippen molar-refractivity contribution < 1.29 is 4.48 Å². The van der Waals surface area contributed by atoms with E-state index >= 15 is 0 Å². The third-order valence-corrected chi connectivity index (χ3v) is 4.40. The van der Waals surface area contributed by atoms with Crippen molar-refractivity contribution in [3.63, 3.8) is 0 Å². The molecule has 0 rings (SSSR count). The molecular formula is C18H40N+. The molecule has 0 aromatic carbocycles. The zero-order valence-electron chi connectivity index (χ0n) is 14.3. The highest BCUT2D eigenvalue weighted by Gasteiger charge is 2.19. The Kier molecular flexibility index (Phi) is 12.9. The molecule has 1 nitrogen and oxygen atoms in total. The molecule has 0 radical (unpaired) electrons. The molecule has 0 aliphatic rings. The standard InChI is InChI=1S/C18H40N/c1-5-8-11-14-17-19(4,16-13-10-7-3)18-15-12-9-6-2/h5-18H2,1-4H3/q+1. The number of rotatable bonds is 14. The van der Waals surface area contributed by atoms with Gasteiger partial charge in [-0.2, -0.15) is 0 Å². The zero-order valence-corrected chi connectivity index (χ0v) is 14.3. The van der Waals surface area contributed by atoms with Gasteiger partial charge in [0.25, 0.3) is 0 Å². The third kappa shape index (κ3) is 11.5. The van der Waals surface area contributed by atoms with Gasteiger partial charge in [-0.1, -0.05) is 52.9 Å². The summed E-state index contributed by atoms with van der Waals surface area (Å²) in [6, 6.07) is 0. The molecule has 0 heterocycles.